The Morgan fingerprint density at radius 2 is 2.06 bits per heavy atom. The summed E-state index contributed by atoms with van der Waals surface area (Å²) >= 11 is 0. The van der Waals surface area contributed by atoms with Gasteiger partial charge in [0.15, 0.2) is 0 Å². The van der Waals surface area contributed by atoms with Crippen LogP contribution in [0.25, 0.3) is 0 Å². The zero-order valence-corrected chi connectivity index (χ0v) is 11.3. The molecule has 1 aromatic rings. The Labute approximate surface area is 105 Å². The molecular weight excluding hydrogens is 208 g/mol. The van der Waals surface area contributed by atoms with E-state index in [2.05, 4.69) is 44.7 Å². The molecule has 0 aliphatic rings. The Balaban J connectivity index is 2.72. The number of ether oxygens (including phenoxy) is 1. The van der Waals surface area contributed by atoms with Crippen molar-refractivity contribution in [1.82, 2.24) is 0 Å². The second-order valence-corrected chi connectivity index (χ2v) is 4.30. The largest absolute Gasteiger partial charge is 0.494 e. The summed E-state index contributed by atoms with van der Waals surface area (Å²) in [4.78, 5) is 0. The van der Waals surface area contributed by atoms with Crippen molar-refractivity contribution in [2.45, 2.75) is 40.5 Å². The molecular formula is C16H22O. The molecule has 0 heterocycles. The van der Waals surface area contributed by atoms with Gasteiger partial charge in [-0.3, -0.25) is 0 Å². The van der Waals surface area contributed by atoms with E-state index in [0.29, 0.717) is 5.92 Å². The van der Waals surface area contributed by atoms with E-state index in [1.54, 1.807) is 0 Å². The molecule has 1 heteroatoms. The molecule has 0 aromatic heterocycles. The molecule has 0 aliphatic carbocycles. The van der Waals surface area contributed by atoms with Crippen molar-refractivity contribution in [3.63, 3.8) is 0 Å². The molecule has 0 spiro atoms. The minimum Gasteiger partial charge on any atom is -0.494 e. The Kier molecular flexibility index (Phi) is 5.63. The molecule has 0 fully saturated rings. The third-order valence-corrected chi connectivity index (χ3v) is 2.68. The van der Waals surface area contributed by atoms with Gasteiger partial charge in [-0.1, -0.05) is 25.8 Å². The molecule has 0 N–H and O–H groups in total. The summed E-state index contributed by atoms with van der Waals surface area (Å²) in [7, 11) is 0. The lowest BCUT2D eigenvalue weighted by Gasteiger charge is -2.10. The van der Waals surface area contributed by atoms with Crippen molar-refractivity contribution in [3.8, 4) is 17.6 Å². The van der Waals surface area contributed by atoms with E-state index in [1.807, 2.05) is 13.0 Å². The van der Waals surface area contributed by atoms with Gasteiger partial charge in [-0.2, -0.15) is 0 Å². The highest BCUT2D eigenvalue weighted by molar-refractivity contribution is 5.35. The van der Waals surface area contributed by atoms with Gasteiger partial charge < -0.3 is 4.74 Å². The van der Waals surface area contributed by atoms with Crippen molar-refractivity contribution < 1.29 is 4.74 Å². The summed E-state index contributed by atoms with van der Waals surface area (Å²) in [5.74, 6) is 7.79. The van der Waals surface area contributed by atoms with Crippen LogP contribution in [0.2, 0.25) is 0 Å². The molecule has 1 unspecified atom stereocenters. The smallest absolute Gasteiger partial charge is 0.119 e. The van der Waals surface area contributed by atoms with Crippen LogP contribution in [0.1, 0.15) is 38.3 Å². The van der Waals surface area contributed by atoms with Gasteiger partial charge in [-0.15, -0.1) is 5.92 Å². The van der Waals surface area contributed by atoms with Crippen LogP contribution in [0.5, 0.6) is 5.75 Å². The fraction of sp³-hybridized carbons (Fsp3) is 0.500. The van der Waals surface area contributed by atoms with E-state index < -0.39 is 0 Å². The lowest BCUT2D eigenvalue weighted by atomic mass is 9.97. The van der Waals surface area contributed by atoms with E-state index in [-0.39, 0.29) is 0 Å². The van der Waals surface area contributed by atoms with Gasteiger partial charge in [0.1, 0.15) is 5.75 Å². The van der Waals surface area contributed by atoms with Gasteiger partial charge in [-0.25, -0.2) is 0 Å². The molecule has 0 saturated heterocycles. The highest BCUT2D eigenvalue weighted by Crippen LogP contribution is 2.19. The normalized spacial score (nSPS) is 11.5. The van der Waals surface area contributed by atoms with Crippen LogP contribution in [0, 0.1) is 24.7 Å². The fourth-order valence-electron chi connectivity index (χ4n) is 1.81. The zero-order valence-electron chi connectivity index (χ0n) is 11.3. The van der Waals surface area contributed by atoms with Crippen LogP contribution in [0.4, 0.5) is 0 Å². The fourth-order valence-corrected chi connectivity index (χ4v) is 1.81. The lowest BCUT2D eigenvalue weighted by molar-refractivity contribution is 0.340. The first-order chi connectivity index (χ1) is 8.17. The van der Waals surface area contributed by atoms with E-state index in [0.717, 1.165) is 25.2 Å². The van der Waals surface area contributed by atoms with Crippen LogP contribution >= 0.6 is 0 Å². The lowest BCUT2D eigenvalue weighted by Crippen LogP contribution is -2.00. The summed E-state index contributed by atoms with van der Waals surface area (Å²) in [6.45, 7) is 9.13. The molecule has 0 radical (unpaired) electrons. The second-order valence-electron chi connectivity index (χ2n) is 4.30. The maximum Gasteiger partial charge on any atom is 0.119 e. The number of hydrogen-bond acceptors (Lipinski definition) is 1. The zero-order chi connectivity index (χ0) is 12.7. The van der Waals surface area contributed by atoms with Crippen LogP contribution < -0.4 is 4.74 Å². The van der Waals surface area contributed by atoms with E-state index >= 15 is 0 Å². The van der Waals surface area contributed by atoms with Gasteiger partial charge in [0.2, 0.25) is 0 Å². The van der Waals surface area contributed by atoms with Gasteiger partial charge >= 0.3 is 0 Å². The van der Waals surface area contributed by atoms with Crippen molar-refractivity contribution in [1.29, 1.82) is 0 Å². The first kappa shape index (κ1) is 13.6. The predicted molar refractivity (Wildman–Crippen MR) is 73.3 cm³/mol. The molecule has 1 atom stereocenters. The summed E-state index contributed by atoms with van der Waals surface area (Å²) in [6, 6.07) is 6.31. The van der Waals surface area contributed by atoms with Crippen LogP contribution in [-0.4, -0.2) is 6.61 Å². The van der Waals surface area contributed by atoms with Crippen molar-refractivity contribution >= 4 is 0 Å². The van der Waals surface area contributed by atoms with E-state index in [9.17, 15) is 0 Å². The minimum absolute atomic E-state index is 0.423. The molecule has 0 amide bonds. The topological polar surface area (TPSA) is 9.23 Å². The molecule has 0 bridgehead atoms. The Morgan fingerprint density at radius 1 is 1.29 bits per heavy atom. The molecule has 1 rings (SSSR count). The predicted octanol–water partition coefficient (Wildman–Crippen LogP) is 3.99. The minimum atomic E-state index is 0.423. The molecule has 1 nitrogen and oxygen atoms in total. The molecule has 1 aromatic carbocycles. The summed E-state index contributed by atoms with van der Waals surface area (Å²) in [5.41, 5.74) is 2.66. The maximum atomic E-state index is 5.48. The first-order valence-corrected chi connectivity index (χ1v) is 6.38. The molecule has 17 heavy (non-hydrogen) atoms. The Bertz CT molecular complexity index is 409. The van der Waals surface area contributed by atoms with Gasteiger partial charge in [0.25, 0.3) is 0 Å². The maximum absolute atomic E-state index is 5.48. The SMILES string of the molecule is CCC#CC(C)Cc1ccc(OCC)cc1C. The highest BCUT2D eigenvalue weighted by Gasteiger charge is 2.04. The van der Waals surface area contributed by atoms with Crippen molar-refractivity contribution in [3.05, 3.63) is 29.3 Å². The van der Waals surface area contributed by atoms with E-state index in [1.165, 1.54) is 11.1 Å². The quantitative estimate of drug-likeness (QED) is 0.711. The summed E-state index contributed by atoms with van der Waals surface area (Å²) in [6.07, 6.45) is 1.96. The number of hydrogen-bond donors (Lipinski definition) is 0. The average molecular weight is 230 g/mol. The Hall–Kier alpha value is -1.42. The molecule has 0 saturated carbocycles. The molecule has 92 valence electrons. The summed E-state index contributed by atoms with van der Waals surface area (Å²) < 4.78 is 5.48. The average Bonchev–Trinajstić information content (AvgIpc) is 2.30. The Morgan fingerprint density at radius 3 is 2.65 bits per heavy atom. The van der Waals surface area contributed by atoms with Crippen molar-refractivity contribution in [2.75, 3.05) is 6.61 Å². The van der Waals surface area contributed by atoms with E-state index in [4.69, 9.17) is 4.74 Å². The third-order valence-electron chi connectivity index (χ3n) is 2.68. The summed E-state index contributed by atoms with van der Waals surface area (Å²) in [5, 5.41) is 0. The monoisotopic (exact) mass is 230 g/mol. The van der Waals surface area contributed by atoms with Crippen LogP contribution in [-0.2, 0) is 6.42 Å². The van der Waals surface area contributed by atoms with Gasteiger partial charge in [0, 0.05) is 12.3 Å². The van der Waals surface area contributed by atoms with Crippen LogP contribution in [0.3, 0.4) is 0 Å². The first-order valence-electron chi connectivity index (χ1n) is 6.38. The highest BCUT2D eigenvalue weighted by atomic mass is 16.5. The van der Waals surface area contributed by atoms with Gasteiger partial charge in [0.05, 0.1) is 6.61 Å². The molecule has 0 aliphatic heterocycles. The standard InChI is InChI=1S/C16H22O/c1-5-7-8-13(3)11-15-9-10-16(17-6-2)12-14(15)4/h9-10,12-13H,5-6,11H2,1-4H3. The van der Waals surface area contributed by atoms with Gasteiger partial charge in [-0.05, 0) is 43.5 Å². The number of rotatable bonds is 4. The third kappa shape index (κ3) is 4.53. The second kappa shape index (κ2) is 7.01. The van der Waals surface area contributed by atoms with Crippen LogP contribution in [0.15, 0.2) is 18.2 Å². The number of benzene rings is 1. The van der Waals surface area contributed by atoms with Crippen molar-refractivity contribution in [2.24, 2.45) is 5.92 Å². The number of aryl methyl sites for hydroxylation is 1.